The average molecular weight is 260 g/mol. The molecule has 1 aliphatic heterocycles. The molecule has 2 nitrogen and oxygen atoms in total. The van der Waals surface area contributed by atoms with E-state index in [4.69, 9.17) is 4.98 Å². The normalized spacial score (nSPS) is 13.8. The zero-order chi connectivity index (χ0) is 13.5. The Hall–Kier alpha value is -2.35. The minimum Gasteiger partial charge on any atom is -0.374 e. The first-order valence-corrected chi connectivity index (χ1v) is 7.01. The van der Waals surface area contributed by atoms with Crippen molar-refractivity contribution in [2.45, 2.75) is 6.42 Å². The minimum atomic E-state index is 1.06. The number of fused-ring (bicyclic) bond motifs is 2. The van der Waals surface area contributed by atoms with Gasteiger partial charge in [-0.2, -0.15) is 0 Å². The molecule has 0 saturated heterocycles. The first-order valence-electron chi connectivity index (χ1n) is 7.01. The van der Waals surface area contributed by atoms with Gasteiger partial charge in [0, 0.05) is 30.2 Å². The van der Waals surface area contributed by atoms with Crippen molar-refractivity contribution in [3.8, 4) is 11.3 Å². The molecule has 0 bridgehead atoms. The van der Waals surface area contributed by atoms with E-state index in [9.17, 15) is 0 Å². The third-order valence-corrected chi connectivity index (χ3v) is 4.10. The van der Waals surface area contributed by atoms with Gasteiger partial charge in [-0.25, -0.2) is 4.98 Å². The van der Waals surface area contributed by atoms with Crippen LogP contribution in [-0.2, 0) is 6.42 Å². The number of anilines is 1. The lowest BCUT2D eigenvalue weighted by atomic mass is 10.0. The maximum atomic E-state index is 4.78. The van der Waals surface area contributed by atoms with Crippen LogP contribution in [0.5, 0.6) is 0 Å². The lowest BCUT2D eigenvalue weighted by molar-refractivity contribution is 0.956. The number of nitrogens with zero attached hydrogens (tertiary/aromatic N) is 2. The summed E-state index contributed by atoms with van der Waals surface area (Å²) in [5.74, 6) is 0. The monoisotopic (exact) mass is 260 g/mol. The molecule has 4 rings (SSSR count). The smallest absolute Gasteiger partial charge is 0.0709 e. The first kappa shape index (κ1) is 11.5. The Labute approximate surface area is 118 Å². The molecule has 2 heteroatoms. The number of aromatic nitrogens is 1. The number of hydrogen-bond donors (Lipinski definition) is 0. The van der Waals surface area contributed by atoms with Crippen LogP contribution in [0.25, 0.3) is 22.2 Å². The van der Waals surface area contributed by atoms with Gasteiger partial charge in [0.25, 0.3) is 0 Å². The highest BCUT2D eigenvalue weighted by molar-refractivity contribution is 5.82. The van der Waals surface area contributed by atoms with Crippen LogP contribution in [0.15, 0.2) is 54.6 Å². The van der Waals surface area contributed by atoms with Crippen molar-refractivity contribution >= 4 is 16.6 Å². The maximum Gasteiger partial charge on any atom is 0.0709 e. The molecule has 1 aromatic heterocycles. The highest BCUT2D eigenvalue weighted by Gasteiger charge is 2.16. The van der Waals surface area contributed by atoms with Crippen molar-refractivity contribution in [1.82, 2.24) is 4.98 Å². The van der Waals surface area contributed by atoms with Gasteiger partial charge in [-0.15, -0.1) is 0 Å². The predicted molar refractivity (Wildman–Crippen MR) is 84.2 cm³/mol. The largest absolute Gasteiger partial charge is 0.374 e. The molecule has 20 heavy (non-hydrogen) atoms. The Kier molecular flexibility index (Phi) is 2.49. The van der Waals surface area contributed by atoms with Crippen LogP contribution in [0.3, 0.4) is 0 Å². The van der Waals surface area contributed by atoms with E-state index in [-0.39, 0.29) is 0 Å². The van der Waals surface area contributed by atoms with Gasteiger partial charge in [0.15, 0.2) is 0 Å². The fourth-order valence-corrected chi connectivity index (χ4v) is 2.95. The molecule has 0 N–H and O–H groups in total. The van der Waals surface area contributed by atoms with Gasteiger partial charge in [-0.3, -0.25) is 0 Å². The molecular weight excluding hydrogens is 244 g/mol. The molecule has 2 heterocycles. The fraction of sp³-hybridized carbons (Fsp3) is 0.167. The van der Waals surface area contributed by atoms with Gasteiger partial charge >= 0.3 is 0 Å². The number of benzene rings is 2. The molecule has 0 amide bonds. The standard InChI is InChI=1S/C18H16N2/c1-20-11-10-15-12-14(7-9-18(15)20)17-8-6-13-4-2-3-5-16(13)19-17/h2-9,12H,10-11H2,1H3. The number of pyridine rings is 1. The minimum absolute atomic E-state index is 1.06. The van der Waals surface area contributed by atoms with E-state index < -0.39 is 0 Å². The zero-order valence-corrected chi connectivity index (χ0v) is 11.5. The molecule has 2 aromatic carbocycles. The van der Waals surface area contributed by atoms with Crippen molar-refractivity contribution in [2.24, 2.45) is 0 Å². The summed E-state index contributed by atoms with van der Waals surface area (Å²) in [6.45, 7) is 1.12. The van der Waals surface area contributed by atoms with Crippen LogP contribution < -0.4 is 4.90 Å². The van der Waals surface area contributed by atoms with Crippen LogP contribution in [0.1, 0.15) is 5.56 Å². The van der Waals surface area contributed by atoms with Gasteiger partial charge in [0.2, 0.25) is 0 Å². The second-order valence-electron chi connectivity index (χ2n) is 5.40. The van der Waals surface area contributed by atoms with Crippen molar-refractivity contribution in [3.63, 3.8) is 0 Å². The summed E-state index contributed by atoms with van der Waals surface area (Å²) in [6, 6.07) is 19.2. The average Bonchev–Trinajstić information content (AvgIpc) is 2.88. The number of hydrogen-bond acceptors (Lipinski definition) is 2. The van der Waals surface area contributed by atoms with Crippen LogP contribution in [-0.4, -0.2) is 18.6 Å². The second kappa shape index (κ2) is 4.34. The maximum absolute atomic E-state index is 4.78. The van der Waals surface area contributed by atoms with Gasteiger partial charge in [-0.1, -0.05) is 30.3 Å². The van der Waals surface area contributed by atoms with E-state index in [2.05, 4.69) is 60.5 Å². The predicted octanol–water partition coefficient (Wildman–Crippen LogP) is 3.89. The summed E-state index contributed by atoms with van der Waals surface area (Å²) in [5.41, 5.74) is 6.11. The van der Waals surface area contributed by atoms with Gasteiger partial charge in [0.05, 0.1) is 11.2 Å². The molecule has 0 atom stereocenters. The molecule has 0 unspecified atom stereocenters. The van der Waals surface area contributed by atoms with Crippen LogP contribution >= 0.6 is 0 Å². The molecule has 1 aliphatic rings. The van der Waals surface area contributed by atoms with E-state index >= 15 is 0 Å². The molecule has 98 valence electrons. The Bertz CT molecular complexity index is 792. The second-order valence-corrected chi connectivity index (χ2v) is 5.40. The summed E-state index contributed by atoms with van der Waals surface area (Å²) < 4.78 is 0. The SMILES string of the molecule is CN1CCc2cc(-c3ccc4ccccc4n3)ccc21. The van der Waals surface area contributed by atoms with E-state index in [1.54, 1.807) is 0 Å². The summed E-state index contributed by atoms with van der Waals surface area (Å²) in [5, 5.41) is 1.19. The Balaban J connectivity index is 1.83. The van der Waals surface area contributed by atoms with E-state index in [0.717, 1.165) is 24.2 Å². The van der Waals surface area contributed by atoms with Crippen molar-refractivity contribution < 1.29 is 0 Å². The number of likely N-dealkylation sites (N-methyl/N-ethyl adjacent to an activating group) is 1. The molecule has 0 radical (unpaired) electrons. The quantitative estimate of drug-likeness (QED) is 0.660. The summed E-state index contributed by atoms with van der Waals surface area (Å²) in [6.07, 6.45) is 1.13. The van der Waals surface area contributed by atoms with E-state index in [0.29, 0.717) is 0 Å². The highest BCUT2D eigenvalue weighted by Crippen LogP contribution is 2.31. The topological polar surface area (TPSA) is 16.1 Å². The molecule has 0 saturated carbocycles. The van der Waals surface area contributed by atoms with Crippen LogP contribution in [0.4, 0.5) is 5.69 Å². The molecule has 0 spiro atoms. The van der Waals surface area contributed by atoms with Gasteiger partial charge in [0.1, 0.15) is 0 Å². The summed E-state index contributed by atoms with van der Waals surface area (Å²) in [7, 11) is 2.15. The van der Waals surface area contributed by atoms with Crippen molar-refractivity contribution in [3.05, 3.63) is 60.2 Å². The summed E-state index contributed by atoms with van der Waals surface area (Å²) >= 11 is 0. The Morgan fingerprint density at radius 3 is 2.85 bits per heavy atom. The van der Waals surface area contributed by atoms with Gasteiger partial charge < -0.3 is 4.90 Å². The molecular formula is C18H16N2. The highest BCUT2D eigenvalue weighted by atomic mass is 15.1. The van der Waals surface area contributed by atoms with Crippen molar-refractivity contribution in [1.29, 1.82) is 0 Å². The Morgan fingerprint density at radius 1 is 1.00 bits per heavy atom. The fourth-order valence-electron chi connectivity index (χ4n) is 2.95. The van der Waals surface area contributed by atoms with Crippen molar-refractivity contribution in [2.75, 3.05) is 18.5 Å². The molecule has 0 fully saturated rings. The third kappa shape index (κ3) is 1.76. The Morgan fingerprint density at radius 2 is 1.90 bits per heavy atom. The third-order valence-electron chi connectivity index (χ3n) is 4.10. The lowest BCUT2D eigenvalue weighted by Gasteiger charge is -2.12. The van der Waals surface area contributed by atoms with E-state index in [1.807, 2.05) is 6.07 Å². The van der Waals surface area contributed by atoms with Gasteiger partial charge in [-0.05, 0) is 36.2 Å². The van der Waals surface area contributed by atoms with E-state index in [1.165, 1.54) is 22.2 Å². The zero-order valence-electron chi connectivity index (χ0n) is 11.5. The lowest BCUT2D eigenvalue weighted by Crippen LogP contribution is -2.12. The molecule has 3 aromatic rings. The number of para-hydroxylation sites is 1. The first-order chi connectivity index (χ1) is 9.81. The van der Waals surface area contributed by atoms with Crippen LogP contribution in [0, 0.1) is 0 Å². The molecule has 0 aliphatic carbocycles. The summed E-state index contributed by atoms with van der Waals surface area (Å²) in [4.78, 5) is 7.09. The number of rotatable bonds is 1. The van der Waals surface area contributed by atoms with Crippen LogP contribution in [0.2, 0.25) is 0 Å².